The molecule has 0 aromatic rings. The minimum atomic E-state index is -4.34. The van der Waals surface area contributed by atoms with E-state index in [-0.39, 0.29) is 19.1 Å². The van der Waals surface area contributed by atoms with Crippen molar-refractivity contribution >= 4 is 13.7 Å². The second-order valence-corrected chi connectivity index (χ2v) is 22.5. The SMILES string of the molecule is CCCCCCCCCCCCCCCC/C=C/[C@@H](O)[C@H](COP(=O)(O)OCC[N+](C)(C)C)NC(=O)CCCCCCCCCCCCCCCCCCCCCCCCCCCCC. The van der Waals surface area contributed by atoms with Crippen LogP contribution >= 0.6 is 7.82 Å². The number of aliphatic hydroxyl groups is 1. The summed E-state index contributed by atoms with van der Waals surface area (Å²) >= 11 is 0. The smallest absolute Gasteiger partial charge is 0.387 e. The number of amides is 1. The number of phosphoric acid groups is 1. The number of nitrogens with one attached hydrogen (secondary N) is 1. The average Bonchev–Trinajstić information content (AvgIpc) is 3.26. The van der Waals surface area contributed by atoms with E-state index in [1.807, 2.05) is 27.2 Å². The maximum atomic E-state index is 13.0. The molecular weight excluding hydrogens is 828 g/mol. The maximum absolute atomic E-state index is 13.0. The molecule has 3 atom stereocenters. The fraction of sp³-hybridized carbons (Fsp3) is 0.946. The minimum absolute atomic E-state index is 0.0651. The molecule has 0 bridgehead atoms. The van der Waals surface area contributed by atoms with Crippen molar-refractivity contribution in [1.82, 2.24) is 5.32 Å². The van der Waals surface area contributed by atoms with Crippen molar-refractivity contribution in [1.29, 1.82) is 0 Å². The van der Waals surface area contributed by atoms with E-state index in [9.17, 15) is 19.4 Å². The van der Waals surface area contributed by atoms with E-state index in [0.717, 1.165) is 32.1 Å². The van der Waals surface area contributed by atoms with Gasteiger partial charge in [-0.05, 0) is 19.3 Å². The Morgan fingerprint density at radius 1 is 0.508 bits per heavy atom. The first-order chi connectivity index (χ1) is 31.5. The van der Waals surface area contributed by atoms with Crippen molar-refractivity contribution in [3.05, 3.63) is 12.2 Å². The van der Waals surface area contributed by atoms with Crippen LogP contribution in [0.15, 0.2) is 12.2 Å². The highest BCUT2D eigenvalue weighted by Crippen LogP contribution is 2.43. The Balaban J connectivity index is 4.11. The summed E-state index contributed by atoms with van der Waals surface area (Å²) < 4.78 is 23.7. The van der Waals surface area contributed by atoms with E-state index in [1.165, 1.54) is 238 Å². The molecule has 0 aliphatic rings. The van der Waals surface area contributed by atoms with Gasteiger partial charge >= 0.3 is 7.82 Å². The molecule has 0 rings (SSSR count). The largest absolute Gasteiger partial charge is 0.472 e. The highest BCUT2D eigenvalue weighted by atomic mass is 31.2. The lowest BCUT2D eigenvalue weighted by Gasteiger charge is -2.25. The Labute approximate surface area is 405 Å². The summed E-state index contributed by atoms with van der Waals surface area (Å²) in [5.41, 5.74) is 0. The number of hydrogen-bond donors (Lipinski definition) is 3. The third-order valence-corrected chi connectivity index (χ3v) is 14.2. The lowest BCUT2D eigenvalue weighted by atomic mass is 10.0. The Morgan fingerprint density at radius 2 is 0.815 bits per heavy atom. The van der Waals surface area contributed by atoms with Crippen LogP contribution in [0.25, 0.3) is 0 Å². The zero-order valence-corrected chi connectivity index (χ0v) is 45.2. The van der Waals surface area contributed by atoms with Gasteiger partial charge in [0.25, 0.3) is 0 Å². The summed E-state index contributed by atoms with van der Waals surface area (Å²) in [6.07, 6.45) is 58.8. The summed E-state index contributed by atoms with van der Waals surface area (Å²) in [5, 5.41) is 13.9. The van der Waals surface area contributed by atoms with E-state index in [4.69, 9.17) is 9.05 Å². The number of nitrogens with zero attached hydrogens (tertiary/aromatic N) is 1. The summed E-state index contributed by atoms with van der Waals surface area (Å²) in [6, 6.07) is -0.841. The Hall–Kier alpha value is -0.760. The van der Waals surface area contributed by atoms with Gasteiger partial charge in [0.15, 0.2) is 0 Å². The van der Waals surface area contributed by atoms with Crippen LogP contribution in [0.1, 0.15) is 290 Å². The molecule has 3 N–H and O–H groups in total. The Morgan fingerprint density at radius 3 is 1.14 bits per heavy atom. The van der Waals surface area contributed by atoms with Crippen LogP contribution in [0.2, 0.25) is 0 Å². The van der Waals surface area contributed by atoms with Crippen LogP contribution in [-0.2, 0) is 18.4 Å². The zero-order valence-electron chi connectivity index (χ0n) is 44.3. The van der Waals surface area contributed by atoms with Gasteiger partial charge in [-0.15, -0.1) is 0 Å². The van der Waals surface area contributed by atoms with Gasteiger partial charge in [-0.3, -0.25) is 13.8 Å². The second-order valence-electron chi connectivity index (χ2n) is 21.0. The van der Waals surface area contributed by atoms with Gasteiger partial charge in [0, 0.05) is 6.42 Å². The molecule has 0 radical (unpaired) electrons. The maximum Gasteiger partial charge on any atom is 0.472 e. The molecule has 1 unspecified atom stereocenters. The van der Waals surface area contributed by atoms with Gasteiger partial charge in [0.1, 0.15) is 13.2 Å². The number of aliphatic hydroxyl groups excluding tert-OH is 1. The molecule has 0 aromatic carbocycles. The number of carbonyl (C=O) groups is 1. The quantitative estimate of drug-likeness (QED) is 0.0243. The van der Waals surface area contributed by atoms with E-state index in [0.29, 0.717) is 17.4 Å². The number of hydrogen-bond acceptors (Lipinski definition) is 5. The molecule has 388 valence electrons. The predicted molar refractivity (Wildman–Crippen MR) is 282 cm³/mol. The van der Waals surface area contributed by atoms with Gasteiger partial charge < -0.3 is 19.8 Å². The molecule has 9 heteroatoms. The van der Waals surface area contributed by atoms with Gasteiger partial charge in [0.2, 0.25) is 5.91 Å². The number of carbonyl (C=O) groups excluding carboxylic acids is 1. The third kappa shape index (κ3) is 50.9. The van der Waals surface area contributed by atoms with Crippen molar-refractivity contribution in [3.8, 4) is 0 Å². The second kappa shape index (κ2) is 48.3. The molecule has 0 fully saturated rings. The summed E-state index contributed by atoms with van der Waals surface area (Å²) in [4.78, 5) is 23.3. The van der Waals surface area contributed by atoms with Gasteiger partial charge in [-0.2, -0.15) is 0 Å². The summed E-state index contributed by atoms with van der Waals surface area (Å²) in [5.74, 6) is -0.170. The third-order valence-electron chi connectivity index (χ3n) is 13.3. The van der Waals surface area contributed by atoms with Crippen LogP contribution in [0.3, 0.4) is 0 Å². The molecule has 65 heavy (non-hydrogen) atoms. The first kappa shape index (κ1) is 64.2. The number of likely N-dealkylation sites (N-methyl/N-ethyl adjacent to an activating group) is 1. The molecule has 0 aliphatic heterocycles. The van der Waals surface area contributed by atoms with Crippen molar-refractivity contribution in [2.45, 2.75) is 302 Å². The van der Waals surface area contributed by atoms with Crippen LogP contribution < -0.4 is 5.32 Å². The molecule has 0 spiro atoms. The number of rotatable bonds is 53. The molecule has 0 saturated carbocycles. The predicted octanol–water partition coefficient (Wildman–Crippen LogP) is 17.0. The number of unbranched alkanes of at least 4 members (excludes halogenated alkanes) is 40. The molecule has 0 aliphatic carbocycles. The average molecular weight is 943 g/mol. The van der Waals surface area contributed by atoms with E-state index < -0.39 is 20.0 Å². The lowest BCUT2D eigenvalue weighted by molar-refractivity contribution is -0.870. The number of quaternary nitrogens is 1. The van der Waals surface area contributed by atoms with Gasteiger partial charge in [-0.25, -0.2) is 4.57 Å². The molecule has 8 nitrogen and oxygen atoms in total. The van der Waals surface area contributed by atoms with Crippen molar-refractivity contribution in [3.63, 3.8) is 0 Å². The fourth-order valence-corrected chi connectivity index (χ4v) is 9.49. The van der Waals surface area contributed by atoms with Crippen LogP contribution in [0, 0.1) is 0 Å². The van der Waals surface area contributed by atoms with Crippen molar-refractivity contribution in [2.24, 2.45) is 0 Å². The molecule has 0 saturated heterocycles. The van der Waals surface area contributed by atoms with Crippen molar-refractivity contribution in [2.75, 3.05) is 40.9 Å². The van der Waals surface area contributed by atoms with Gasteiger partial charge in [-0.1, -0.05) is 276 Å². The first-order valence-corrected chi connectivity index (χ1v) is 30.1. The zero-order chi connectivity index (χ0) is 47.8. The van der Waals surface area contributed by atoms with E-state index >= 15 is 0 Å². The van der Waals surface area contributed by atoms with Crippen molar-refractivity contribution < 1.29 is 32.9 Å². The lowest BCUT2D eigenvalue weighted by Crippen LogP contribution is -2.45. The normalized spacial score (nSPS) is 14.0. The summed E-state index contributed by atoms with van der Waals surface area (Å²) in [6.45, 7) is 4.86. The van der Waals surface area contributed by atoms with E-state index in [1.54, 1.807) is 6.08 Å². The molecule has 0 heterocycles. The molecule has 1 amide bonds. The van der Waals surface area contributed by atoms with E-state index in [2.05, 4.69) is 19.2 Å². The monoisotopic (exact) mass is 942 g/mol. The summed E-state index contributed by atoms with van der Waals surface area (Å²) in [7, 11) is 1.59. The van der Waals surface area contributed by atoms with Crippen LogP contribution in [0.4, 0.5) is 0 Å². The minimum Gasteiger partial charge on any atom is -0.387 e. The highest BCUT2D eigenvalue weighted by molar-refractivity contribution is 7.47. The number of phosphoric ester groups is 1. The van der Waals surface area contributed by atoms with Gasteiger partial charge in [0.05, 0.1) is 39.9 Å². The fourth-order valence-electron chi connectivity index (χ4n) is 8.75. The Bertz CT molecular complexity index is 1070. The van der Waals surface area contributed by atoms with Crippen LogP contribution in [-0.4, -0.2) is 73.4 Å². The standard InChI is InChI=1S/C56H113N2O6P/c1-6-8-10-12-14-16-18-20-22-24-25-26-27-28-29-30-31-32-33-34-36-38-40-42-44-46-48-50-56(60)57-54(53-64-65(61,62)63-52-51-58(3,4)5)55(59)49-47-45-43-41-39-37-35-23-21-19-17-15-13-11-9-7-2/h47,49,54-55,59H,6-46,48,50-53H2,1-5H3,(H-,57,60,61,62)/p+1/b49-47+/t54-,55+/m0/s1. The number of allylic oxidation sites excluding steroid dienone is 1. The van der Waals surface area contributed by atoms with Crippen LogP contribution in [0.5, 0.6) is 0 Å². The highest BCUT2D eigenvalue weighted by Gasteiger charge is 2.27. The topological polar surface area (TPSA) is 105 Å². The Kier molecular flexibility index (Phi) is 47.7. The first-order valence-electron chi connectivity index (χ1n) is 28.6. The molecule has 0 aromatic heterocycles. The molecular formula is C56H114N2O6P+.